The van der Waals surface area contributed by atoms with Crippen LogP contribution in [0, 0.1) is 0 Å². The Bertz CT molecular complexity index is 1110. The third-order valence-electron chi connectivity index (χ3n) is 5.49. The highest BCUT2D eigenvalue weighted by Gasteiger charge is 2.43. The number of nitrogens with one attached hydrogen (secondary N) is 1. The topological polar surface area (TPSA) is 126 Å². The Labute approximate surface area is 189 Å². The Hall–Kier alpha value is -3.37. The van der Waals surface area contributed by atoms with Crippen LogP contribution in [0.5, 0.6) is 0 Å². The fourth-order valence-corrected chi connectivity index (χ4v) is 4.01. The van der Waals surface area contributed by atoms with E-state index >= 15 is 0 Å². The normalized spacial score (nSPS) is 17.7. The van der Waals surface area contributed by atoms with Gasteiger partial charge >= 0.3 is 0 Å². The Kier molecular flexibility index (Phi) is 6.15. The maximum absolute atomic E-state index is 13.1. The molecule has 0 spiro atoms. The van der Waals surface area contributed by atoms with E-state index in [9.17, 15) is 14.7 Å². The standard InChI is InChI=1S/C21H22ClN7O3/c1-21(32,18-6-2-3-9-23-18)20(31)28-10-4-5-17(28)19(30)24-12-14-11-15(22)7-8-16(14)29-13-25-26-27-29/h2-3,6-9,11,13,17,32H,4-5,10,12H2,1H3,(H,24,30)/t17-,21?/m0/s1. The van der Waals surface area contributed by atoms with Crippen LogP contribution in [0.15, 0.2) is 48.9 Å². The van der Waals surface area contributed by atoms with Gasteiger partial charge in [-0.15, -0.1) is 5.10 Å². The monoisotopic (exact) mass is 455 g/mol. The Morgan fingerprint density at radius 1 is 1.31 bits per heavy atom. The third kappa shape index (κ3) is 4.32. The van der Waals surface area contributed by atoms with Crippen molar-refractivity contribution in [2.75, 3.05) is 6.54 Å². The van der Waals surface area contributed by atoms with Gasteiger partial charge in [0.05, 0.1) is 11.4 Å². The van der Waals surface area contributed by atoms with E-state index in [0.29, 0.717) is 30.1 Å². The van der Waals surface area contributed by atoms with Crippen molar-refractivity contribution >= 4 is 23.4 Å². The number of likely N-dealkylation sites (tertiary alicyclic amines) is 1. The number of rotatable bonds is 6. The minimum absolute atomic E-state index is 0.170. The second-order valence-corrected chi connectivity index (χ2v) is 8.13. The molecule has 0 bridgehead atoms. The van der Waals surface area contributed by atoms with Crippen molar-refractivity contribution in [2.24, 2.45) is 0 Å². The first-order valence-electron chi connectivity index (χ1n) is 10.1. The number of amides is 2. The molecule has 166 valence electrons. The lowest BCUT2D eigenvalue weighted by Crippen LogP contribution is -2.52. The van der Waals surface area contributed by atoms with E-state index in [0.717, 1.165) is 5.56 Å². The minimum Gasteiger partial charge on any atom is -0.374 e. The highest BCUT2D eigenvalue weighted by atomic mass is 35.5. The summed E-state index contributed by atoms with van der Waals surface area (Å²) in [5, 5.41) is 25.4. The van der Waals surface area contributed by atoms with Crippen LogP contribution in [0.4, 0.5) is 0 Å². The summed E-state index contributed by atoms with van der Waals surface area (Å²) in [6.45, 7) is 1.95. The van der Waals surface area contributed by atoms with Gasteiger partial charge in [-0.1, -0.05) is 17.7 Å². The number of carbonyl (C=O) groups is 2. The van der Waals surface area contributed by atoms with Crippen molar-refractivity contribution in [1.29, 1.82) is 0 Å². The lowest BCUT2D eigenvalue weighted by Gasteiger charge is -2.31. The Morgan fingerprint density at radius 3 is 2.88 bits per heavy atom. The van der Waals surface area contributed by atoms with Crippen LogP contribution in [0.1, 0.15) is 31.0 Å². The van der Waals surface area contributed by atoms with E-state index in [1.54, 1.807) is 36.4 Å². The van der Waals surface area contributed by atoms with E-state index in [1.165, 1.54) is 29.0 Å². The highest BCUT2D eigenvalue weighted by Crippen LogP contribution is 2.27. The number of hydrogen-bond donors (Lipinski definition) is 2. The van der Waals surface area contributed by atoms with Crippen LogP contribution in [0.3, 0.4) is 0 Å². The van der Waals surface area contributed by atoms with Crippen LogP contribution in [0.25, 0.3) is 5.69 Å². The fraction of sp³-hybridized carbons (Fsp3) is 0.333. The van der Waals surface area contributed by atoms with Gasteiger partial charge in [0, 0.05) is 24.3 Å². The van der Waals surface area contributed by atoms with Gasteiger partial charge in [-0.05, 0) is 66.1 Å². The lowest BCUT2D eigenvalue weighted by atomic mass is 9.99. The number of benzene rings is 1. The van der Waals surface area contributed by atoms with Crippen molar-refractivity contribution in [2.45, 2.75) is 38.0 Å². The van der Waals surface area contributed by atoms with Gasteiger partial charge in [0.15, 0.2) is 5.60 Å². The van der Waals surface area contributed by atoms with Gasteiger partial charge in [0.2, 0.25) is 5.91 Å². The first-order chi connectivity index (χ1) is 15.4. The number of aromatic nitrogens is 5. The number of pyridine rings is 1. The molecule has 1 aromatic carbocycles. The summed E-state index contributed by atoms with van der Waals surface area (Å²) in [4.78, 5) is 31.6. The van der Waals surface area contributed by atoms with Gasteiger partial charge < -0.3 is 15.3 Å². The first-order valence-corrected chi connectivity index (χ1v) is 10.5. The molecule has 3 heterocycles. The van der Waals surface area contributed by atoms with Crippen LogP contribution >= 0.6 is 11.6 Å². The molecule has 0 radical (unpaired) electrons. The quantitative estimate of drug-likeness (QED) is 0.572. The summed E-state index contributed by atoms with van der Waals surface area (Å²) in [5.74, 6) is -0.860. The smallest absolute Gasteiger partial charge is 0.261 e. The third-order valence-corrected chi connectivity index (χ3v) is 5.72. The van der Waals surface area contributed by atoms with Gasteiger partial charge in [-0.2, -0.15) is 0 Å². The zero-order valence-electron chi connectivity index (χ0n) is 17.3. The summed E-state index contributed by atoms with van der Waals surface area (Å²) in [5.41, 5.74) is -0.197. The molecule has 4 rings (SSSR count). The fourth-order valence-electron chi connectivity index (χ4n) is 3.81. The SMILES string of the molecule is CC(O)(C(=O)N1CCC[C@H]1C(=O)NCc1cc(Cl)ccc1-n1cnnn1)c1ccccn1. The van der Waals surface area contributed by atoms with Gasteiger partial charge in [0.25, 0.3) is 5.91 Å². The zero-order chi connectivity index (χ0) is 22.7. The highest BCUT2D eigenvalue weighted by molar-refractivity contribution is 6.30. The molecule has 2 N–H and O–H groups in total. The summed E-state index contributed by atoms with van der Waals surface area (Å²) in [6, 6.07) is 9.50. The largest absolute Gasteiger partial charge is 0.374 e. The molecule has 1 fully saturated rings. The maximum Gasteiger partial charge on any atom is 0.261 e. The molecule has 0 aliphatic carbocycles. The molecule has 10 nitrogen and oxygen atoms in total. The summed E-state index contributed by atoms with van der Waals surface area (Å²) in [7, 11) is 0. The van der Waals surface area contributed by atoms with Crippen molar-refractivity contribution in [3.63, 3.8) is 0 Å². The Morgan fingerprint density at radius 2 is 2.16 bits per heavy atom. The van der Waals surface area contributed by atoms with E-state index in [-0.39, 0.29) is 18.1 Å². The van der Waals surface area contributed by atoms with Crippen molar-refractivity contribution in [1.82, 2.24) is 35.4 Å². The predicted molar refractivity (Wildman–Crippen MR) is 115 cm³/mol. The van der Waals surface area contributed by atoms with Crippen LogP contribution in [0.2, 0.25) is 5.02 Å². The molecule has 1 aliphatic rings. The second-order valence-electron chi connectivity index (χ2n) is 7.69. The maximum atomic E-state index is 13.1. The lowest BCUT2D eigenvalue weighted by molar-refractivity contribution is -0.154. The molecule has 2 atom stereocenters. The molecule has 0 saturated carbocycles. The number of hydrogen-bond acceptors (Lipinski definition) is 7. The van der Waals surface area contributed by atoms with Gasteiger partial charge in [-0.3, -0.25) is 14.6 Å². The molecule has 2 aromatic heterocycles. The minimum atomic E-state index is -1.83. The molecule has 2 amide bonds. The summed E-state index contributed by atoms with van der Waals surface area (Å²) in [6.07, 6.45) is 4.13. The van der Waals surface area contributed by atoms with E-state index in [4.69, 9.17) is 11.6 Å². The predicted octanol–water partition coefficient (Wildman–Crippen LogP) is 1.23. The number of carbonyl (C=O) groups excluding carboxylic acids is 2. The average molecular weight is 456 g/mol. The van der Waals surface area contributed by atoms with E-state index in [2.05, 4.69) is 25.8 Å². The first kappa shape index (κ1) is 21.8. The van der Waals surface area contributed by atoms with Crippen LogP contribution in [-0.2, 0) is 21.7 Å². The summed E-state index contributed by atoms with van der Waals surface area (Å²) < 4.78 is 1.48. The number of halogens is 1. The van der Waals surface area contributed by atoms with Crippen molar-refractivity contribution < 1.29 is 14.7 Å². The number of nitrogens with zero attached hydrogens (tertiary/aromatic N) is 6. The zero-order valence-corrected chi connectivity index (χ0v) is 18.1. The van der Waals surface area contributed by atoms with Crippen LogP contribution in [-0.4, -0.2) is 59.6 Å². The summed E-state index contributed by atoms with van der Waals surface area (Å²) >= 11 is 6.13. The van der Waals surface area contributed by atoms with Crippen LogP contribution < -0.4 is 5.32 Å². The molecule has 32 heavy (non-hydrogen) atoms. The van der Waals surface area contributed by atoms with E-state index in [1.807, 2.05) is 0 Å². The van der Waals surface area contributed by atoms with Gasteiger partial charge in [-0.25, -0.2) is 4.68 Å². The number of tetrazole rings is 1. The second kappa shape index (κ2) is 9.01. The van der Waals surface area contributed by atoms with Crippen molar-refractivity contribution in [3.05, 3.63) is 65.2 Å². The van der Waals surface area contributed by atoms with Gasteiger partial charge in [0.1, 0.15) is 12.4 Å². The molecule has 1 aliphatic heterocycles. The number of aliphatic hydroxyl groups is 1. The van der Waals surface area contributed by atoms with Crippen molar-refractivity contribution in [3.8, 4) is 5.69 Å². The Balaban J connectivity index is 1.48. The molecular formula is C21H22ClN7O3. The molecule has 1 saturated heterocycles. The van der Waals surface area contributed by atoms with E-state index < -0.39 is 17.6 Å². The molecular weight excluding hydrogens is 434 g/mol. The average Bonchev–Trinajstić information content (AvgIpc) is 3.50. The molecule has 1 unspecified atom stereocenters. The molecule has 3 aromatic rings. The molecule has 11 heteroatoms.